The predicted octanol–water partition coefficient (Wildman–Crippen LogP) is 3.22. The highest BCUT2D eigenvalue weighted by Gasteiger charge is 2.14. The second-order valence-corrected chi connectivity index (χ2v) is 5.04. The molecule has 18 heavy (non-hydrogen) atoms. The molecule has 4 N–H and O–H groups in total. The zero-order valence-corrected chi connectivity index (χ0v) is 12.4. The fourth-order valence-electron chi connectivity index (χ4n) is 1.95. The van der Waals surface area contributed by atoms with Crippen LogP contribution in [0.4, 0.5) is 0 Å². The lowest BCUT2D eigenvalue weighted by Crippen LogP contribution is -2.22. The number of thiocarbonyl (C=S) groups is 1. The Morgan fingerprint density at radius 1 is 0.889 bits per heavy atom. The van der Waals surface area contributed by atoms with Crippen molar-refractivity contribution >= 4 is 23.1 Å². The molecule has 1 amide bonds. The maximum absolute atomic E-state index is 11.5. The summed E-state index contributed by atoms with van der Waals surface area (Å²) in [6.07, 6.45) is 7.90. The van der Waals surface area contributed by atoms with E-state index in [2.05, 4.69) is 13.8 Å². The molecule has 0 aliphatic carbocycles. The smallest absolute Gasteiger partial charge is 0.245 e. The molecule has 3 nitrogen and oxygen atoms in total. The highest BCUT2D eigenvalue weighted by Crippen LogP contribution is 2.19. The number of carbonyl (C=O) groups is 1. The summed E-state index contributed by atoms with van der Waals surface area (Å²) in [5, 5.41) is 0. The quantitative estimate of drug-likeness (QED) is 0.364. The summed E-state index contributed by atoms with van der Waals surface area (Å²) in [5.74, 6) is -0.370. The number of primary amides is 1. The van der Waals surface area contributed by atoms with Crippen molar-refractivity contribution in [1.82, 2.24) is 0 Å². The predicted molar refractivity (Wildman–Crippen MR) is 81.3 cm³/mol. The van der Waals surface area contributed by atoms with Crippen LogP contribution in [0.3, 0.4) is 0 Å². The second kappa shape index (κ2) is 10.1. The van der Waals surface area contributed by atoms with Crippen LogP contribution in [0.5, 0.6) is 0 Å². The first kappa shape index (κ1) is 17.1. The van der Waals surface area contributed by atoms with Crippen LogP contribution in [0.25, 0.3) is 0 Å². The number of amides is 1. The number of nitrogens with two attached hydrogens (primary N) is 2. The Morgan fingerprint density at radius 2 is 1.33 bits per heavy atom. The molecule has 0 atom stereocenters. The summed E-state index contributed by atoms with van der Waals surface area (Å²) in [7, 11) is 0. The first-order valence-electron chi connectivity index (χ1n) is 6.86. The van der Waals surface area contributed by atoms with Crippen molar-refractivity contribution < 1.29 is 4.79 Å². The fraction of sp³-hybridized carbons (Fsp3) is 0.714. The third-order valence-corrected chi connectivity index (χ3v) is 3.27. The van der Waals surface area contributed by atoms with Crippen molar-refractivity contribution in [3.63, 3.8) is 0 Å². The molecule has 0 bridgehead atoms. The van der Waals surface area contributed by atoms with Crippen LogP contribution in [-0.2, 0) is 4.79 Å². The minimum Gasteiger partial charge on any atom is -0.390 e. The fourth-order valence-corrected chi connectivity index (χ4v) is 2.17. The number of rotatable bonds is 10. The van der Waals surface area contributed by atoms with Gasteiger partial charge in [0.2, 0.25) is 5.91 Å². The molecule has 0 rings (SSSR count). The van der Waals surface area contributed by atoms with Gasteiger partial charge in [-0.05, 0) is 31.3 Å². The van der Waals surface area contributed by atoms with Crippen LogP contribution in [0.2, 0.25) is 0 Å². The largest absolute Gasteiger partial charge is 0.390 e. The van der Waals surface area contributed by atoms with E-state index in [0.717, 1.165) is 50.5 Å². The molecular formula is C14H26N2OS. The van der Waals surface area contributed by atoms with Crippen molar-refractivity contribution in [3.8, 4) is 0 Å². The van der Waals surface area contributed by atoms with Crippen molar-refractivity contribution in [1.29, 1.82) is 0 Å². The lowest BCUT2D eigenvalue weighted by Gasteiger charge is -2.12. The molecule has 0 aromatic rings. The van der Waals surface area contributed by atoms with E-state index in [1.165, 1.54) is 0 Å². The molecular weight excluding hydrogens is 244 g/mol. The van der Waals surface area contributed by atoms with E-state index < -0.39 is 0 Å². The van der Waals surface area contributed by atoms with E-state index in [1.807, 2.05) is 0 Å². The van der Waals surface area contributed by atoms with E-state index in [4.69, 9.17) is 23.7 Å². The van der Waals surface area contributed by atoms with Gasteiger partial charge in [0, 0.05) is 5.57 Å². The minimum absolute atomic E-state index is 0.330. The Hall–Kier alpha value is -0.900. The topological polar surface area (TPSA) is 69.1 Å². The van der Waals surface area contributed by atoms with Gasteiger partial charge in [-0.25, -0.2) is 0 Å². The molecule has 0 aromatic carbocycles. The highest BCUT2D eigenvalue weighted by atomic mass is 32.1. The van der Waals surface area contributed by atoms with Crippen LogP contribution in [-0.4, -0.2) is 10.9 Å². The average molecular weight is 270 g/mol. The molecule has 0 fully saturated rings. The molecule has 0 spiro atoms. The van der Waals surface area contributed by atoms with Gasteiger partial charge in [-0.1, -0.05) is 51.7 Å². The summed E-state index contributed by atoms with van der Waals surface area (Å²) >= 11 is 5.05. The van der Waals surface area contributed by atoms with Gasteiger partial charge in [-0.3, -0.25) is 4.79 Å². The first-order chi connectivity index (χ1) is 8.54. The number of carbonyl (C=O) groups excluding carboxylic acids is 1. The zero-order chi connectivity index (χ0) is 14.0. The van der Waals surface area contributed by atoms with Gasteiger partial charge in [-0.2, -0.15) is 0 Å². The molecule has 0 aliphatic rings. The van der Waals surface area contributed by atoms with Crippen LogP contribution in [0, 0.1) is 0 Å². The lowest BCUT2D eigenvalue weighted by atomic mass is 9.96. The SMILES string of the molecule is CCCCC/C(C(N)=O)=C(\CCCCC)C(N)=S. The van der Waals surface area contributed by atoms with E-state index in [-0.39, 0.29) is 5.91 Å². The summed E-state index contributed by atoms with van der Waals surface area (Å²) in [4.78, 5) is 11.9. The van der Waals surface area contributed by atoms with Crippen molar-refractivity contribution in [2.24, 2.45) is 11.5 Å². The summed E-state index contributed by atoms with van der Waals surface area (Å²) in [6.45, 7) is 4.27. The van der Waals surface area contributed by atoms with Gasteiger partial charge in [0.1, 0.15) is 0 Å². The van der Waals surface area contributed by atoms with Gasteiger partial charge >= 0.3 is 0 Å². The number of hydrogen-bond donors (Lipinski definition) is 2. The van der Waals surface area contributed by atoms with Gasteiger partial charge in [0.25, 0.3) is 0 Å². The van der Waals surface area contributed by atoms with Crippen LogP contribution < -0.4 is 11.5 Å². The lowest BCUT2D eigenvalue weighted by molar-refractivity contribution is -0.114. The molecule has 0 unspecified atom stereocenters. The van der Waals surface area contributed by atoms with Gasteiger partial charge in [-0.15, -0.1) is 0 Å². The maximum atomic E-state index is 11.5. The van der Waals surface area contributed by atoms with Crippen LogP contribution >= 0.6 is 12.2 Å². The Balaban J connectivity index is 4.80. The number of hydrogen-bond acceptors (Lipinski definition) is 2. The molecule has 0 saturated heterocycles. The molecule has 0 radical (unpaired) electrons. The monoisotopic (exact) mass is 270 g/mol. The van der Waals surface area contributed by atoms with E-state index in [1.54, 1.807) is 0 Å². The molecule has 0 aliphatic heterocycles. The first-order valence-corrected chi connectivity index (χ1v) is 7.27. The van der Waals surface area contributed by atoms with Crippen molar-refractivity contribution in [3.05, 3.63) is 11.1 Å². The average Bonchev–Trinajstić information content (AvgIpc) is 2.31. The summed E-state index contributed by atoms with van der Waals surface area (Å²) < 4.78 is 0. The zero-order valence-electron chi connectivity index (χ0n) is 11.6. The number of unbranched alkanes of at least 4 members (excludes halogenated alkanes) is 4. The van der Waals surface area contributed by atoms with Crippen LogP contribution in [0.1, 0.15) is 65.2 Å². The van der Waals surface area contributed by atoms with Crippen molar-refractivity contribution in [2.45, 2.75) is 65.2 Å². The summed E-state index contributed by atoms with van der Waals surface area (Å²) in [5.41, 5.74) is 12.6. The van der Waals surface area contributed by atoms with Gasteiger partial charge < -0.3 is 11.5 Å². The van der Waals surface area contributed by atoms with Crippen molar-refractivity contribution in [2.75, 3.05) is 0 Å². The Kier molecular flexibility index (Phi) is 9.56. The van der Waals surface area contributed by atoms with E-state index >= 15 is 0 Å². The van der Waals surface area contributed by atoms with Crippen LogP contribution in [0.15, 0.2) is 11.1 Å². The highest BCUT2D eigenvalue weighted by molar-refractivity contribution is 7.80. The maximum Gasteiger partial charge on any atom is 0.245 e. The molecule has 0 heterocycles. The Bertz CT molecular complexity index is 281. The van der Waals surface area contributed by atoms with Gasteiger partial charge in [0.05, 0.1) is 4.99 Å². The minimum atomic E-state index is -0.370. The third-order valence-electron chi connectivity index (χ3n) is 3.02. The summed E-state index contributed by atoms with van der Waals surface area (Å²) in [6, 6.07) is 0. The molecule has 4 heteroatoms. The molecule has 104 valence electrons. The standard InChI is InChI=1S/C14H26N2OS/c1-3-5-7-9-11(13(15)17)12(14(16)18)10-8-6-4-2/h3-10H2,1-2H3,(H2,15,17)(H2,16,18)/b12-11-. The molecule has 0 aromatic heterocycles. The van der Waals surface area contributed by atoms with E-state index in [9.17, 15) is 4.79 Å². The van der Waals surface area contributed by atoms with E-state index in [0.29, 0.717) is 17.0 Å². The normalized spacial score (nSPS) is 12.1. The molecule has 0 saturated carbocycles. The second-order valence-electron chi connectivity index (χ2n) is 4.60. The third kappa shape index (κ3) is 6.74. The van der Waals surface area contributed by atoms with Gasteiger partial charge in [0.15, 0.2) is 0 Å². The Morgan fingerprint density at radius 3 is 1.67 bits per heavy atom. The Labute approximate surface area is 116 Å².